The van der Waals surface area contributed by atoms with Crippen molar-refractivity contribution in [2.45, 2.75) is 18.7 Å². The van der Waals surface area contributed by atoms with Crippen molar-refractivity contribution in [1.82, 2.24) is 9.29 Å². The molecule has 18 heavy (non-hydrogen) atoms. The summed E-state index contributed by atoms with van der Waals surface area (Å²) in [4.78, 5) is 3.32. The van der Waals surface area contributed by atoms with Crippen LogP contribution < -0.4 is 0 Å². The average Bonchev–Trinajstić information content (AvgIpc) is 2.35. The summed E-state index contributed by atoms with van der Waals surface area (Å²) < 4.78 is 38.5. The molecular formula is C11H14FN3O2S. The lowest BCUT2D eigenvalue weighted by Gasteiger charge is -2.21. The predicted molar refractivity (Wildman–Crippen MR) is 63.4 cm³/mol. The van der Waals surface area contributed by atoms with Gasteiger partial charge in [0.1, 0.15) is 10.7 Å². The molecule has 1 heterocycles. The molecule has 0 aliphatic heterocycles. The van der Waals surface area contributed by atoms with Gasteiger partial charge in [-0.25, -0.2) is 12.8 Å². The SMILES string of the molecule is CCN(CC(C)C#N)S(=O)(=O)c1cncc(F)c1. The van der Waals surface area contributed by atoms with Crippen LogP contribution in [0.3, 0.4) is 0 Å². The highest BCUT2D eigenvalue weighted by Crippen LogP contribution is 2.16. The minimum absolute atomic E-state index is 0.0752. The molecule has 1 aromatic rings. The van der Waals surface area contributed by atoms with E-state index in [0.717, 1.165) is 22.8 Å². The fourth-order valence-electron chi connectivity index (χ4n) is 1.43. The molecule has 0 aromatic carbocycles. The first kappa shape index (κ1) is 14.5. The zero-order valence-electron chi connectivity index (χ0n) is 10.2. The van der Waals surface area contributed by atoms with Crippen LogP contribution in [0, 0.1) is 23.1 Å². The maximum absolute atomic E-state index is 13.0. The molecule has 0 aliphatic rings. The van der Waals surface area contributed by atoms with Crippen LogP contribution in [0.1, 0.15) is 13.8 Å². The third-order valence-electron chi connectivity index (χ3n) is 2.37. The normalized spacial score (nSPS) is 13.3. The van der Waals surface area contributed by atoms with Gasteiger partial charge in [0, 0.05) is 19.3 Å². The predicted octanol–water partition coefficient (Wildman–Crippen LogP) is 1.39. The number of rotatable bonds is 5. The summed E-state index contributed by atoms with van der Waals surface area (Å²) in [6.07, 6.45) is 2.03. The second-order valence-corrected chi connectivity index (χ2v) is 5.76. The molecule has 7 heteroatoms. The molecule has 98 valence electrons. The van der Waals surface area contributed by atoms with Crippen molar-refractivity contribution in [1.29, 1.82) is 5.26 Å². The lowest BCUT2D eigenvalue weighted by Crippen LogP contribution is -2.34. The molecular weight excluding hydrogens is 257 g/mol. The number of sulfonamides is 1. The Balaban J connectivity index is 3.08. The molecule has 5 nitrogen and oxygen atoms in total. The van der Waals surface area contributed by atoms with Crippen molar-refractivity contribution in [3.63, 3.8) is 0 Å². The van der Waals surface area contributed by atoms with E-state index >= 15 is 0 Å². The summed E-state index contributed by atoms with van der Waals surface area (Å²) in [6, 6.07) is 2.89. The van der Waals surface area contributed by atoms with Gasteiger partial charge in [-0.2, -0.15) is 9.57 Å². The number of nitriles is 1. The molecule has 1 aromatic heterocycles. The average molecular weight is 271 g/mol. The number of hydrogen-bond acceptors (Lipinski definition) is 4. The van der Waals surface area contributed by atoms with E-state index in [1.54, 1.807) is 13.8 Å². The Morgan fingerprint density at radius 2 is 2.22 bits per heavy atom. The Morgan fingerprint density at radius 3 is 2.72 bits per heavy atom. The van der Waals surface area contributed by atoms with Gasteiger partial charge in [0.2, 0.25) is 10.0 Å². The highest BCUT2D eigenvalue weighted by atomic mass is 32.2. The molecule has 0 bridgehead atoms. The molecule has 0 fully saturated rings. The van der Waals surface area contributed by atoms with Crippen molar-refractivity contribution < 1.29 is 12.8 Å². The molecule has 0 spiro atoms. The second kappa shape index (κ2) is 5.89. The summed E-state index contributed by atoms with van der Waals surface area (Å²) in [7, 11) is -3.80. The van der Waals surface area contributed by atoms with Gasteiger partial charge >= 0.3 is 0 Å². The van der Waals surface area contributed by atoms with E-state index in [1.165, 1.54) is 0 Å². The van der Waals surface area contributed by atoms with Gasteiger partial charge < -0.3 is 0 Å². The molecule has 0 aliphatic carbocycles. The summed E-state index contributed by atoms with van der Waals surface area (Å²) in [5, 5.41) is 8.72. The summed E-state index contributed by atoms with van der Waals surface area (Å²) in [6.45, 7) is 3.58. The van der Waals surface area contributed by atoms with Gasteiger partial charge in [0.25, 0.3) is 0 Å². The first-order valence-corrected chi connectivity index (χ1v) is 6.86. The Morgan fingerprint density at radius 1 is 1.56 bits per heavy atom. The van der Waals surface area contributed by atoms with E-state index in [9.17, 15) is 12.8 Å². The van der Waals surface area contributed by atoms with Crippen LogP contribution in [0.25, 0.3) is 0 Å². The van der Waals surface area contributed by atoms with Crippen LogP contribution >= 0.6 is 0 Å². The number of hydrogen-bond donors (Lipinski definition) is 0. The van der Waals surface area contributed by atoms with Crippen LogP contribution in [-0.4, -0.2) is 30.8 Å². The third kappa shape index (κ3) is 3.24. The lowest BCUT2D eigenvalue weighted by molar-refractivity contribution is 0.399. The maximum atomic E-state index is 13.0. The molecule has 0 N–H and O–H groups in total. The van der Waals surface area contributed by atoms with E-state index in [4.69, 9.17) is 5.26 Å². The first-order chi connectivity index (χ1) is 8.41. The van der Waals surface area contributed by atoms with Crippen molar-refractivity contribution in [2.24, 2.45) is 5.92 Å². The van der Waals surface area contributed by atoms with Crippen LogP contribution in [-0.2, 0) is 10.0 Å². The zero-order valence-corrected chi connectivity index (χ0v) is 11.0. The number of nitrogens with zero attached hydrogens (tertiary/aromatic N) is 3. The van der Waals surface area contributed by atoms with Crippen LogP contribution in [0.5, 0.6) is 0 Å². The molecule has 1 unspecified atom stereocenters. The zero-order chi connectivity index (χ0) is 13.8. The van der Waals surface area contributed by atoms with E-state index in [1.807, 2.05) is 6.07 Å². The Labute approximate surface area is 106 Å². The molecule has 0 saturated heterocycles. The number of pyridine rings is 1. The second-order valence-electron chi connectivity index (χ2n) is 3.82. The third-order valence-corrected chi connectivity index (χ3v) is 4.27. The van der Waals surface area contributed by atoms with Gasteiger partial charge in [0.15, 0.2) is 0 Å². The smallest absolute Gasteiger partial charge is 0.244 e. The molecule has 0 saturated carbocycles. The van der Waals surface area contributed by atoms with Crippen molar-refractivity contribution in [2.75, 3.05) is 13.1 Å². The van der Waals surface area contributed by atoms with E-state index in [2.05, 4.69) is 4.98 Å². The fraction of sp³-hybridized carbons (Fsp3) is 0.455. The monoisotopic (exact) mass is 271 g/mol. The van der Waals surface area contributed by atoms with Crippen LogP contribution in [0.15, 0.2) is 23.4 Å². The van der Waals surface area contributed by atoms with E-state index in [-0.39, 0.29) is 18.0 Å². The Kier molecular flexibility index (Phi) is 4.76. The molecule has 0 radical (unpaired) electrons. The maximum Gasteiger partial charge on any atom is 0.244 e. The summed E-state index contributed by atoms with van der Waals surface area (Å²) in [5.74, 6) is -1.14. The number of halogens is 1. The summed E-state index contributed by atoms with van der Waals surface area (Å²) >= 11 is 0. The van der Waals surface area contributed by atoms with Gasteiger partial charge in [0.05, 0.1) is 18.2 Å². The van der Waals surface area contributed by atoms with E-state index < -0.39 is 21.8 Å². The molecule has 1 atom stereocenters. The molecule has 1 rings (SSSR count). The van der Waals surface area contributed by atoms with Crippen molar-refractivity contribution in [3.8, 4) is 6.07 Å². The van der Waals surface area contributed by atoms with Gasteiger partial charge in [-0.05, 0) is 13.0 Å². The largest absolute Gasteiger partial charge is 0.260 e. The number of aromatic nitrogens is 1. The Hall–Kier alpha value is -1.52. The van der Waals surface area contributed by atoms with Gasteiger partial charge in [-0.1, -0.05) is 6.92 Å². The minimum Gasteiger partial charge on any atom is -0.260 e. The summed E-state index contributed by atoms with van der Waals surface area (Å²) in [5.41, 5.74) is 0. The molecule has 0 amide bonds. The highest BCUT2D eigenvalue weighted by molar-refractivity contribution is 7.89. The fourth-order valence-corrected chi connectivity index (χ4v) is 2.94. The van der Waals surface area contributed by atoms with Gasteiger partial charge in [-0.3, -0.25) is 4.98 Å². The quantitative estimate of drug-likeness (QED) is 0.811. The van der Waals surface area contributed by atoms with Crippen LogP contribution in [0.4, 0.5) is 4.39 Å². The van der Waals surface area contributed by atoms with Crippen LogP contribution in [0.2, 0.25) is 0 Å². The van der Waals surface area contributed by atoms with Gasteiger partial charge in [-0.15, -0.1) is 0 Å². The van der Waals surface area contributed by atoms with Crippen molar-refractivity contribution in [3.05, 3.63) is 24.3 Å². The minimum atomic E-state index is -3.80. The van der Waals surface area contributed by atoms with Crippen molar-refractivity contribution >= 4 is 10.0 Å². The lowest BCUT2D eigenvalue weighted by atomic mass is 10.2. The Bertz CT molecular complexity index is 554. The first-order valence-electron chi connectivity index (χ1n) is 5.42. The standard InChI is InChI=1S/C11H14FN3O2S/c1-3-15(8-9(2)5-13)18(16,17)11-4-10(12)6-14-7-11/h4,6-7,9H,3,8H2,1-2H3. The topological polar surface area (TPSA) is 74.1 Å². The van der Waals surface area contributed by atoms with E-state index in [0.29, 0.717) is 0 Å². The highest BCUT2D eigenvalue weighted by Gasteiger charge is 2.25.